The molecule has 7 heteroatoms. The fourth-order valence-electron chi connectivity index (χ4n) is 3.09. The molecule has 3 aromatic rings. The highest BCUT2D eigenvalue weighted by atomic mass is 16.7. The summed E-state index contributed by atoms with van der Waals surface area (Å²) in [6, 6.07) is 19.3. The van der Waals surface area contributed by atoms with Crippen LogP contribution in [0.3, 0.4) is 0 Å². The molecule has 1 heterocycles. The minimum absolute atomic E-state index is 0.151. The monoisotopic (exact) mass is 404 g/mol. The van der Waals surface area contributed by atoms with Crippen LogP contribution in [-0.2, 0) is 11.2 Å². The van der Waals surface area contributed by atoms with E-state index in [9.17, 15) is 9.59 Å². The van der Waals surface area contributed by atoms with Crippen molar-refractivity contribution < 1.29 is 23.8 Å². The number of methoxy groups -OCH3 is 1. The summed E-state index contributed by atoms with van der Waals surface area (Å²) in [4.78, 5) is 24.9. The molecule has 0 aliphatic carbocycles. The number of hydrogen-bond donors (Lipinski definition) is 2. The summed E-state index contributed by atoms with van der Waals surface area (Å²) in [6.07, 6.45) is 0.213. The second-order valence-corrected chi connectivity index (χ2v) is 6.68. The lowest BCUT2D eigenvalue weighted by atomic mass is 10.1. The normalized spacial score (nSPS) is 11.6. The van der Waals surface area contributed by atoms with Crippen molar-refractivity contribution in [2.45, 2.75) is 6.42 Å². The molecule has 0 unspecified atom stereocenters. The van der Waals surface area contributed by atoms with Gasteiger partial charge in [0.15, 0.2) is 11.5 Å². The average Bonchev–Trinajstić information content (AvgIpc) is 3.22. The maximum Gasteiger partial charge on any atom is 0.255 e. The highest BCUT2D eigenvalue weighted by Crippen LogP contribution is 2.32. The van der Waals surface area contributed by atoms with Crippen LogP contribution < -0.4 is 24.8 Å². The zero-order valence-corrected chi connectivity index (χ0v) is 16.3. The number of nitrogens with one attached hydrogen (secondary N) is 2. The van der Waals surface area contributed by atoms with Crippen molar-refractivity contribution in [3.8, 4) is 17.2 Å². The molecule has 0 saturated heterocycles. The van der Waals surface area contributed by atoms with E-state index in [0.717, 1.165) is 5.56 Å². The smallest absolute Gasteiger partial charge is 0.255 e. The highest BCUT2D eigenvalue weighted by Gasteiger charge is 2.16. The summed E-state index contributed by atoms with van der Waals surface area (Å²) in [6.45, 7) is 0.151. The van der Waals surface area contributed by atoms with E-state index in [0.29, 0.717) is 34.2 Å². The number of carbonyl (C=O) groups excluding carboxylic acids is 2. The van der Waals surface area contributed by atoms with Crippen LogP contribution in [-0.4, -0.2) is 25.7 Å². The van der Waals surface area contributed by atoms with E-state index in [4.69, 9.17) is 14.2 Å². The van der Waals surface area contributed by atoms with E-state index in [2.05, 4.69) is 10.6 Å². The van der Waals surface area contributed by atoms with Gasteiger partial charge in [0.05, 0.1) is 13.5 Å². The van der Waals surface area contributed by atoms with Crippen LogP contribution in [0.15, 0.2) is 66.7 Å². The molecular formula is C23H20N2O5. The lowest BCUT2D eigenvalue weighted by Crippen LogP contribution is -2.15. The number of fused-ring (bicyclic) bond motifs is 1. The van der Waals surface area contributed by atoms with Crippen molar-refractivity contribution in [2.24, 2.45) is 0 Å². The Morgan fingerprint density at radius 1 is 0.900 bits per heavy atom. The zero-order valence-electron chi connectivity index (χ0n) is 16.3. The van der Waals surface area contributed by atoms with Crippen molar-refractivity contribution in [3.05, 3.63) is 77.9 Å². The van der Waals surface area contributed by atoms with Crippen molar-refractivity contribution in [2.75, 3.05) is 24.5 Å². The van der Waals surface area contributed by atoms with E-state index >= 15 is 0 Å². The maximum atomic E-state index is 12.5. The topological polar surface area (TPSA) is 85.9 Å². The molecule has 1 aliphatic rings. The van der Waals surface area contributed by atoms with Crippen LogP contribution in [0.2, 0.25) is 0 Å². The Labute approximate surface area is 173 Å². The Bertz CT molecular complexity index is 1100. The molecule has 0 spiro atoms. The highest BCUT2D eigenvalue weighted by molar-refractivity contribution is 6.05. The molecule has 2 amide bonds. The summed E-state index contributed by atoms with van der Waals surface area (Å²) in [5, 5.41) is 5.67. The first-order chi connectivity index (χ1) is 14.6. The van der Waals surface area contributed by atoms with Gasteiger partial charge in [-0.05, 0) is 54.1 Å². The standard InChI is InChI=1S/C23H20N2O5/c1-28-19-7-2-4-15(10-19)11-22(26)24-17-5-3-6-18(13-17)25-23(27)16-8-9-20-21(12-16)30-14-29-20/h2-10,12-13H,11,14H2,1H3,(H,24,26)(H,25,27). The molecule has 0 saturated carbocycles. The first kappa shape index (κ1) is 19.3. The van der Waals surface area contributed by atoms with Crippen LogP contribution >= 0.6 is 0 Å². The second-order valence-electron chi connectivity index (χ2n) is 6.68. The van der Waals surface area contributed by atoms with Crippen molar-refractivity contribution in [1.29, 1.82) is 0 Å². The zero-order chi connectivity index (χ0) is 20.9. The van der Waals surface area contributed by atoms with Crippen molar-refractivity contribution >= 4 is 23.2 Å². The summed E-state index contributed by atoms with van der Waals surface area (Å²) in [5.41, 5.74) is 2.45. The number of benzene rings is 3. The number of rotatable bonds is 6. The predicted molar refractivity (Wildman–Crippen MR) is 112 cm³/mol. The van der Waals surface area contributed by atoms with Crippen LogP contribution in [0, 0.1) is 0 Å². The Balaban J connectivity index is 1.39. The lowest BCUT2D eigenvalue weighted by Gasteiger charge is -2.10. The first-order valence-corrected chi connectivity index (χ1v) is 9.34. The van der Waals surface area contributed by atoms with Gasteiger partial charge in [-0.15, -0.1) is 0 Å². The van der Waals surface area contributed by atoms with Crippen LogP contribution in [0.1, 0.15) is 15.9 Å². The van der Waals surface area contributed by atoms with E-state index in [1.54, 1.807) is 49.6 Å². The number of ether oxygens (including phenoxy) is 3. The molecule has 7 nitrogen and oxygen atoms in total. The first-order valence-electron chi connectivity index (χ1n) is 9.34. The van der Waals surface area contributed by atoms with Crippen molar-refractivity contribution in [1.82, 2.24) is 0 Å². The minimum atomic E-state index is -0.284. The van der Waals surface area contributed by atoms with Gasteiger partial charge >= 0.3 is 0 Å². The summed E-state index contributed by atoms with van der Waals surface area (Å²) < 4.78 is 15.7. The van der Waals surface area contributed by atoms with Gasteiger partial charge in [-0.3, -0.25) is 9.59 Å². The largest absolute Gasteiger partial charge is 0.497 e. The Morgan fingerprint density at radius 3 is 2.50 bits per heavy atom. The number of hydrogen-bond acceptors (Lipinski definition) is 5. The Morgan fingerprint density at radius 2 is 1.67 bits per heavy atom. The van der Waals surface area contributed by atoms with E-state index in [-0.39, 0.29) is 25.0 Å². The van der Waals surface area contributed by atoms with Crippen molar-refractivity contribution in [3.63, 3.8) is 0 Å². The van der Waals surface area contributed by atoms with Gasteiger partial charge in [-0.2, -0.15) is 0 Å². The van der Waals surface area contributed by atoms with Gasteiger partial charge in [-0.25, -0.2) is 0 Å². The molecule has 0 bridgehead atoms. The molecular weight excluding hydrogens is 384 g/mol. The number of carbonyl (C=O) groups is 2. The average molecular weight is 404 g/mol. The molecule has 30 heavy (non-hydrogen) atoms. The molecule has 152 valence electrons. The molecule has 0 atom stereocenters. The molecule has 0 fully saturated rings. The predicted octanol–water partition coefficient (Wildman–Crippen LogP) is 3.86. The van der Waals surface area contributed by atoms with E-state index in [1.165, 1.54) is 0 Å². The van der Waals surface area contributed by atoms with Gasteiger partial charge in [0.2, 0.25) is 12.7 Å². The summed E-state index contributed by atoms with van der Waals surface area (Å²) in [5.74, 6) is 1.41. The minimum Gasteiger partial charge on any atom is -0.497 e. The van der Waals surface area contributed by atoms with Crippen LogP contribution in [0.25, 0.3) is 0 Å². The fraction of sp³-hybridized carbons (Fsp3) is 0.130. The summed E-state index contributed by atoms with van der Waals surface area (Å²) in [7, 11) is 1.59. The SMILES string of the molecule is COc1cccc(CC(=O)Nc2cccc(NC(=O)c3ccc4c(c3)OCO4)c2)c1. The van der Waals surface area contributed by atoms with Gasteiger partial charge < -0.3 is 24.8 Å². The van der Waals surface area contributed by atoms with Crippen LogP contribution in [0.4, 0.5) is 11.4 Å². The lowest BCUT2D eigenvalue weighted by molar-refractivity contribution is -0.115. The van der Waals surface area contributed by atoms with Gasteiger partial charge in [0, 0.05) is 16.9 Å². The maximum absolute atomic E-state index is 12.5. The second kappa shape index (κ2) is 8.57. The summed E-state index contributed by atoms with van der Waals surface area (Å²) >= 11 is 0. The number of anilines is 2. The molecule has 0 radical (unpaired) electrons. The molecule has 0 aromatic heterocycles. The molecule has 4 rings (SSSR count). The van der Waals surface area contributed by atoms with Gasteiger partial charge in [0.1, 0.15) is 5.75 Å². The van der Waals surface area contributed by atoms with E-state index < -0.39 is 0 Å². The molecule has 3 aromatic carbocycles. The Kier molecular flexibility index (Phi) is 5.52. The van der Waals surface area contributed by atoms with Gasteiger partial charge in [0.25, 0.3) is 5.91 Å². The third-order valence-corrected chi connectivity index (χ3v) is 4.54. The fourth-order valence-corrected chi connectivity index (χ4v) is 3.09. The van der Waals surface area contributed by atoms with Crippen LogP contribution in [0.5, 0.6) is 17.2 Å². The quantitative estimate of drug-likeness (QED) is 0.652. The number of amides is 2. The van der Waals surface area contributed by atoms with Gasteiger partial charge in [-0.1, -0.05) is 18.2 Å². The third-order valence-electron chi connectivity index (χ3n) is 4.54. The molecule has 1 aliphatic heterocycles. The molecule has 2 N–H and O–H groups in total. The Hall–Kier alpha value is -4.00. The third kappa shape index (κ3) is 4.52. The van der Waals surface area contributed by atoms with E-state index in [1.807, 2.05) is 24.3 Å².